The average molecular weight is 245 g/mol. The lowest BCUT2D eigenvalue weighted by atomic mass is 10.0. The number of anilines is 1. The zero-order chi connectivity index (χ0) is 12.3. The van der Waals surface area contributed by atoms with Crippen LogP contribution in [-0.4, -0.2) is 22.2 Å². The van der Waals surface area contributed by atoms with Crippen molar-refractivity contribution in [1.82, 2.24) is 0 Å². The maximum atomic E-state index is 10.6. The Labute approximate surface area is 97.6 Å². The molecule has 0 radical (unpaired) electrons. The number of halogens is 1. The third-order valence-corrected chi connectivity index (χ3v) is 2.38. The van der Waals surface area contributed by atoms with Gasteiger partial charge >= 0.3 is 0 Å². The largest absolute Gasteiger partial charge is 0.398 e. The summed E-state index contributed by atoms with van der Waals surface area (Å²) in [7, 11) is 0. The minimum absolute atomic E-state index is 0.279. The van der Waals surface area contributed by atoms with Crippen LogP contribution in [0.5, 0.6) is 0 Å². The van der Waals surface area contributed by atoms with E-state index in [1.165, 1.54) is 12.1 Å². The Hall–Kier alpha value is -1.30. The van der Waals surface area contributed by atoms with Gasteiger partial charge in [0, 0.05) is 16.3 Å². The Bertz CT molecular complexity index is 398. The van der Waals surface area contributed by atoms with Crippen LogP contribution in [-0.2, 0) is 4.79 Å². The van der Waals surface area contributed by atoms with Gasteiger partial charge in [-0.1, -0.05) is 11.6 Å². The molecule has 1 rings (SSSR count). The highest BCUT2D eigenvalue weighted by molar-refractivity contribution is 6.30. The molecule has 0 saturated heterocycles. The molecule has 2 unspecified atom stereocenters. The summed E-state index contributed by atoms with van der Waals surface area (Å²) in [6.45, 7) is 0. The number of rotatable bonds is 4. The fourth-order valence-corrected chi connectivity index (χ4v) is 1.51. The molecular weight excluding hydrogens is 232 g/mol. The second-order valence-corrected chi connectivity index (χ2v) is 3.89. The zero-order valence-corrected chi connectivity index (χ0v) is 9.19. The number of carbonyl (C=O) groups excluding carboxylic acids is 1. The van der Waals surface area contributed by atoms with Gasteiger partial charge in [-0.05, 0) is 18.2 Å². The van der Waals surface area contributed by atoms with E-state index >= 15 is 0 Å². The van der Waals surface area contributed by atoms with E-state index in [-0.39, 0.29) is 12.0 Å². The summed E-state index contributed by atoms with van der Waals surface area (Å²) in [5, 5.41) is 19.6. The molecule has 0 bridgehead atoms. The molecule has 0 aromatic heterocycles. The summed E-state index contributed by atoms with van der Waals surface area (Å²) in [6, 6.07) is 4.51. The third-order valence-electron chi connectivity index (χ3n) is 2.14. The number of carbonyl (C=O) groups is 1. The molecule has 0 fully saturated rings. The van der Waals surface area contributed by atoms with Crippen LogP contribution in [0.4, 0.5) is 5.69 Å². The van der Waals surface area contributed by atoms with Crippen LogP contribution in [0.1, 0.15) is 18.1 Å². The third kappa shape index (κ3) is 3.10. The van der Waals surface area contributed by atoms with Crippen molar-refractivity contribution in [2.75, 3.05) is 5.73 Å². The first-order chi connectivity index (χ1) is 7.41. The molecular formula is C10H13ClN2O3. The number of benzene rings is 1. The Morgan fingerprint density at radius 1 is 1.44 bits per heavy atom. The average Bonchev–Trinajstić information content (AvgIpc) is 2.19. The van der Waals surface area contributed by atoms with Gasteiger partial charge in [0.2, 0.25) is 5.91 Å². The van der Waals surface area contributed by atoms with Crippen molar-refractivity contribution in [2.24, 2.45) is 5.73 Å². The van der Waals surface area contributed by atoms with Crippen molar-refractivity contribution < 1.29 is 15.0 Å². The lowest BCUT2D eigenvalue weighted by molar-refractivity contribution is -0.121. The maximum Gasteiger partial charge on any atom is 0.220 e. The highest BCUT2D eigenvalue weighted by atomic mass is 35.5. The molecule has 5 nitrogen and oxygen atoms in total. The highest BCUT2D eigenvalue weighted by Gasteiger charge is 2.22. The smallest absolute Gasteiger partial charge is 0.220 e. The molecule has 0 aliphatic rings. The Morgan fingerprint density at radius 2 is 2.06 bits per heavy atom. The van der Waals surface area contributed by atoms with E-state index < -0.39 is 18.1 Å². The molecule has 0 heterocycles. The first kappa shape index (κ1) is 12.8. The second kappa shape index (κ2) is 5.16. The Balaban J connectivity index is 2.90. The number of aliphatic hydroxyl groups is 2. The van der Waals surface area contributed by atoms with Gasteiger partial charge in [0.05, 0.1) is 12.5 Å². The molecule has 0 aliphatic carbocycles. The minimum Gasteiger partial charge on any atom is -0.398 e. The minimum atomic E-state index is -1.29. The summed E-state index contributed by atoms with van der Waals surface area (Å²) in [4.78, 5) is 10.6. The van der Waals surface area contributed by atoms with E-state index in [1.807, 2.05) is 0 Å². The first-order valence-corrected chi connectivity index (χ1v) is 4.99. The summed E-state index contributed by atoms with van der Waals surface area (Å²) in [5.74, 6) is -0.702. The number of nitrogens with two attached hydrogens (primary N) is 2. The Morgan fingerprint density at radius 3 is 2.62 bits per heavy atom. The Kier molecular flexibility index (Phi) is 4.12. The van der Waals surface area contributed by atoms with E-state index in [9.17, 15) is 15.0 Å². The van der Waals surface area contributed by atoms with Gasteiger partial charge in [0.25, 0.3) is 0 Å². The lowest BCUT2D eigenvalue weighted by Crippen LogP contribution is -2.26. The SMILES string of the molecule is NC(=O)CC(O)C(O)c1cc(Cl)ccc1N. The van der Waals surface area contributed by atoms with Crippen LogP contribution in [0.3, 0.4) is 0 Å². The highest BCUT2D eigenvalue weighted by Crippen LogP contribution is 2.27. The molecule has 6 heteroatoms. The maximum absolute atomic E-state index is 10.6. The fourth-order valence-electron chi connectivity index (χ4n) is 1.33. The van der Waals surface area contributed by atoms with Crippen LogP contribution >= 0.6 is 11.6 Å². The molecule has 2 atom stereocenters. The van der Waals surface area contributed by atoms with Crippen molar-refractivity contribution in [3.8, 4) is 0 Å². The molecule has 1 aromatic carbocycles. The molecule has 1 aromatic rings. The predicted molar refractivity (Wildman–Crippen MR) is 60.6 cm³/mol. The number of hydrogen-bond donors (Lipinski definition) is 4. The number of nitrogen functional groups attached to an aromatic ring is 1. The molecule has 6 N–H and O–H groups in total. The monoisotopic (exact) mass is 244 g/mol. The summed E-state index contributed by atoms with van der Waals surface area (Å²) >= 11 is 5.73. The van der Waals surface area contributed by atoms with Crippen LogP contribution in [0.2, 0.25) is 5.02 Å². The molecule has 0 aliphatic heterocycles. The number of amides is 1. The summed E-state index contributed by atoms with van der Waals surface area (Å²) < 4.78 is 0. The van der Waals surface area contributed by atoms with Gasteiger partial charge in [0.1, 0.15) is 6.10 Å². The summed E-state index contributed by atoms with van der Waals surface area (Å²) in [5.41, 5.74) is 11.1. The van der Waals surface area contributed by atoms with Crippen LogP contribution in [0.25, 0.3) is 0 Å². The summed E-state index contributed by atoms with van der Waals surface area (Å²) in [6.07, 6.45) is -2.92. The van der Waals surface area contributed by atoms with Gasteiger partial charge < -0.3 is 21.7 Å². The zero-order valence-electron chi connectivity index (χ0n) is 8.43. The molecule has 88 valence electrons. The van der Waals surface area contributed by atoms with Crippen LogP contribution < -0.4 is 11.5 Å². The predicted octanol–water partition coefficient (Wildman–Crippen LogP) is 0.192. The molecule has 16 heavy (non-hydrogen) atoms. The van der Waals surface area contributed by atoms with E-state index in [2.05, 4.69) is 0 Å². The number of aliphatic hydroxyl groups excluding tert-OH is 2. The van der Waals surface area contributed by atoms with Crippen LogP contribution in [0.15, 0.2) is 18.2 Å². The molecule has 0 spiro atoms. The van der Waals surface area contributed by atoms with E-state index in [0.29, 0.717) is 10.7 Å². The normalized spacial score (nSPS) is 14.4. The number of primary amides is 1. The van der Waals surface area contributed by atoms with Crippen molar-refractivity contribution in [1.29, 1.82) is 0 Å². The van der Waals surface area contributed by atoms with Gasteiger partial charge in [-0.25, -0.2) is 0 Å². The van der Waals surface area contributed by atoms with Crippen molar-refractivity contribution in [2.45, 2.75) is 18.6 Å². The lowest BCUT2D eigenvalue weighted by Gasteiger charge is -2.18. The van der Waals surface area contributed by atoms with Gasteiger partial charge in [-0.2, -0.15) is 0 Å². The fraction of sp³-hybridized carbons (Fsp3) is 0.300. The van der Waals surface area contributed by atoms with Gasteiger partial charge in [-0.15, -0.1) is 0 Å². The number of hydrogen-bond acceptors (Lipinski definition) is 4. The van der Waals surface area contributed by atoms with Crippen molar-refractivity contribution in [3.05, 3.63) is 28.8 Å². The van der Waals surface area contributed by atoms with Gasteiger partial charge in [0.15, 0.2) is 0 Å². The first-order valence-electron chi connectivity index (χ1n) is 4.61. The van der Waals surface area contributed by atoms with Crippen molar-refractivity contribution >= 4 is 23.2 Å². The molecule has 0 saturated carbocycles. The van der Waals surface area contributed by atoms with Gasteiger partial charge in [-0.3, -0.25) is 4.79 Å². The standard InChI is InChI=1S/C10H13ClN2O3/c11-5-1-2-7(12)6(3-5)10(16)8(14)4-9(13)15/h1-3,8,10,14,16H,4,12H2,(H2,13,15). The second-order valence-electron chi connectivity index (χ2n) is 3.46. The van der Waals surface area contributed by atoms with Crippen molar-refractivity contribution in [3.63, 3.8) is 0 Å². The molecule has 1 amide bonds. The van der Waals surface area contributed by atoms with Crippen LogP contribution in [0, 0.1) is 0 Å². The van der Waals surface area contributed by atoms with E-state index in [1.54, 1.807) is 6.07 Å². The van der Waals surface area contributed by atoms with E-state index in [4.69, 9.17) is 23.1 Å². The van der Waals surface area contributed by atoms with E-state index in [0.717, 1.165) is 0 Å². The quantitative estimate of drug-likeness (QED) is 0.567. The topological polar surface area (TPSA) is 110 Å².